The third kappa shape index (κ3) is 3.00. The number of aromatic nitrogens is 3. The maximum Gasteiger partial charge on any atom is 0.392 e. The molecule has 1 amide bonds. The summed E-state index contributed by atoms with van der Waals surface area (Å²) in [5, 5.41) is 10.6. The van der Waals surface area contributed by atoms with Crippen molar-refractivity contribution in [3.8, 4) is 0 Å². The summed E-state index contributed by atoms with van der Waals surface area (Å²) >= 11 is 0. The fourth-order valence-corrected chi connectivity index (χ4v) is 2.94. The van der Waals surface area contributed by atoms with Crippen molar-refractivity contribution >= 4 is 5.91 Å². The van der Waals surface area contributed by atoms with Crippen molar-refractivity contribution in [2.45, 2.75) is 44.9 Å². The lowest BCUT2D eigenvalue weighted by Crippen LogP contribution is -2.33. The summed E-state index contributed by atoms with van der Waals surface area (Å²) in [6, 6.07) is 0. The number of hydrogen-bond acceptors (Lipinski definition) is 3. The predicted octanol–water partition coefficient (Wildman–Crippen LogP) is 1.99. The molecular weight excluding hydrogens is 297 g/mol. The molecule has 1 aliphatic carbocycles. The Morgan fingerprint density at radius 1 is 1.32 bits per heavy atom. The first-order valence-electron chi connectivity index (χ1n) is 7.35. The summed E-state index contributed by atoms with van der Waals surface area (Å²) in [4.78, 5) is 11.9. The van der Waals surface area contributed by atoms with Gasteiger partial charge in [0.1, 0.15) is 5.82 Å². The molecule has 0 saturated heterocycles. The minimum atomic E-state index is -4.19. The van der Waals surface area contributed by atoms with Gasteiger partial charge < -0.3 is 9.88 Å². The molecule has 1 atom stereocenters. The number of amides is 1. The lowest BCUT2D eigenvalue weighted by atomic mass is 9.97. The molecule has 120 valence electrons. The Bertz CT molecular complexity index is 585. The van der Waals surface area contributed by atoms with Crippen LogP contribution in [0, 0.1) is 11.8 Å². The zero-order valence-electron chi connectivity index (χ0n) is 11.9. The second-order valence-electron chi connectivity index (χ2n) is 5.77. The van der Waals surface area contributed by atoms with Crippen LogP contribution in [0.3, 0.4) is 0 Å². The van der Waals surface area contributed by atoms with Crippen LogP contribution in [0.4, 0.5) is 13.2 Å². The van der Waals surface area contributed by atoms with Gasteiger partial charge >= 0.3 is 6.18 Å². The van der Waals surface area contributed by atoms with Gasteiger partial charge in [0, 0.05) is 18.9 Å². The molecule has 1 aromatic heterocycles. The van der Waals surface area contributed by atoms with E-state index in [0.29, 0.717) is 11.6 Å². The quantitative estimate of drug-likeness (QED) is 0.868. The van der Waals surface area contributed by atoms with E-state index in [4.69, 9.17) is 0 Å². The smallest absolute Gasteiger partial charge is 0.349 e. The van der Waals surface area contributed by atoms with Crippen LogP contribution in [0.25, 0.3) is 0 Å². The summed E-state index contributed by atoms with van der Waals surface area (Å²) in [5.74, 6) is -0.573. The fourth-order valence-electron chi connectivity index (χ4n) is 2.94. The number of carbonyl (C=O) groups excluding carboxylic acids is 1. The maximum atomic E-state index is 12.7. The van der Waals surface area contributed by atoms with E-state index in [0.717, 1.165) is 12.8 Å². The van der Waals surface area contributed by atoms with E-state index in [1.807, 2.05) is 12.2 Å². The number of allylic oxidation sites excluding steroid dienone is 2. The van der Waals surface area contributed by atoms with Crippen molar-refractivity contribution in [1.29, 1.82) is 0 Å². The van der Waals surface area contributed by atoms with Gasteiger partial charge in [-0.05, 0) is 19.3 Å². The Labute approximate surface area is 125 Å². The van der Waals surface area contributed by atoms with Crippen LogP contribution in [0.15, 0.2) is 12.2 Å². The molecule has 1 N–H and O–H groups in total. The Balaban J connectivity index is 1.61. The molecule has 2 aliphatic rings. The SMILES string of the molecule is O=C(NCc1nnc2n1CCC(C(F)(F)F)C2)C1CC=CC1. The van der Waals surface area contributed by atoms with Gasteiger partial charge in [-0.1, -0.05) is 12.2 Å². The molecule has 0 bridgehead atoms. The molecule has 5 nitrogen and oxygen atoms in total. The van der Waals surface area contributed by atoms with E-state index in [1.165, 1.54) is 0 Å². The molecular formula is C14H17F3N4O. The van der Waals surface area contributed by atoms with Crippen LogP contribution in [0.1, 0.15) is 30.9 Å². The standard InChI is InChI=1S/C14H17F3N4O/c15-14(16,17)10-5-6-21-11(7-10)19-20-12(21)8-18-13(22)9-3-1-2-4-9/h1-2,9-10H,3-8H2,(H,18,22). The van der Waals surface area contributed by atoms with Crippen molar-refractivity contribution in [1.82, 2.24) is 20.1 Å². The molecule has 3 rings (SSSR count). The Morgan fingerprint density at radius 3 is 2.73 bits per heavy atom. The van der Waals surface area contributed by atoms with Crippen LogP contribution in [0.2, 0.25) is 0 Å². The van der Waals surface area contributed by atoms with E-state index in [-0.39, 0.29) is 37.8 Å². The van der Waals surface area contributed by atoms with E-state index in [1.54, 1.807) is 4.57 Å². The molecule has 22 heavy (non-hydrogen) atoms. The van der Waals surface area contributed by atoms with E-state index in [9.17, 15) is 18.0 Å². The molecule has 0 fully saturated rings. The first-order chi connectivity index (χ1) is 10.4. The highest BCUT2D eigenvalue weighted by atomic mass is 19.4. The Hall–Kier alpha value is -1.86. The van der Waals surface area contributed by atoms with Crippen molar-refractivity contribution < 1.29 is 18.0 Å². The van der Waals surface area contributed by atoms with E-state index >= 15 is 0 Å². The van der Waals surface area contributed by atoms with Gasteiger partial charge in [0.25, 0.3) is 0 Å². The van der Waals surface area contributed by atoms with Crippen LogP contribution in [-0.2, 0) is 24.3 Å². The van der Waals surface area contributed by atoms with Gasteiger partial charge in [-0.15, -0.1) is 10.2 Å². The third-order valence-electron chi connectivity index (χ3n) is 4.30. The zero-order valence-corrected chi connectivity index (χ0v) is 11.9. The Morgan fingerprint density at radius 2 is 2.05 bits per heavy atom. The van der Waals surface area contributed by atoms with E-state index in [2.05, 4.69) is 15.5 Å². The summed E-state index contributed by atoms with van der Waals surface area (Å²) in [7, 11) is 0. The van der Waals surface area contributed by atoms with Crippen molar-refractivity contribution in [3.63, 3.8) is 0 Å². The first-order valence-corrected chi connectivity index (χ1v) is 7.35. The van der Waals surface area contributed by atoms with Gasteiger partial charge in [0.2, 0.25) is 5.91 Å². The average Bonchev–Trinajstić information content (AvgIpc) is 3.13. The van der Waals surface area contributed by atoms with Gasteiger partial charge in [-0.2, -0.15) is 13.2 Å². The molecule has 0 spiro atoms. The topological polar surface area (TPSA) is 59.8 Å². The molecule has 1 aliphatic heterocycles. The van der Waals surface area contributed by atoms with Crippen LogP contribution < -0.4 is 5.32 Å². The van der Waals surface area contributed by atoms with Crippen LogP contribution in [-0.4, -0.2) is 26.8 Å². The normalized spacial score (nSPS) is 21.9. The van der Waals surface area contributed by atoms with Gasteiger partial charge in [0.05, 0.1) is 12.5 Å². The number of halogens is 3. The zero-order chi connectivity index (χ0) is 15.7. The van der Waals surface area contributed by atoms with Crippen LogP contribution >= 0.6 is 0 Å². The van der Waals surface area contributed by atoms with Crippen molar-refractivity contribution in [3.05, 3.63) is 23.8 Å². The Kier molecular flexibility index (Phi) is 3.92. The minimum Gasteiger partial charge on any atom is -0.349 e. The number of nitrogens with one attached hydrogen (secondary N) is 1. The molecule has 8 heteroatoms. The lowest BCUT2D eigenvalue weighted by Gasteiger charge is -2.25. The summed E-state index contributed by atoms with van der Waals surface area (Å²) in [5.41, 5.74) is 0. The number of carbonyl (C=O) groups is 1. The van der Waals surface area contributed by atoms with Crippen molar-refractivity contribution in [2.75, 3.05) is 0 Å². The average molecular weight is 314 g/mol. The number of nitrogens with zero attached hydrogens (tertiary/aromatic N) is 3. The lowest BCUT2D eigenvalue weighted by molar-refractivity contribution is -0.179. The highest BCUT2D eigenvalue weighted by molar-refractivity contribution is 5.79. The number of alkyl halides is 3. The molecule has 0 aromatic carbocycles. The maximum absolute atomic E-state index is 12.7. The second-order valence-corrected chi connectivity index (χ2v) is 5.77. The van der Waals surface area contributed by atoms with Crippen molar-refractivity contribution in [2.24, 2.45) is 11.8 Å². The fraction of sp³-hybridized carbons (Fsp3) is 0.643. The highest BCUT2D eigenvalue weighted by Crippen LogP contribution is 2.34. The van der Waals surface area contributed by atoms with Gasteiger partial charge in [-0.3, -0.25) is 4.79 Å². The third-order valence-corrected chi connectivity index (χ3v) is 4.30. The van der Waals surface area contributed by atoms with Gasteiger partial charge in [-0.25, -0.2) is 0 Å². The summed E-state index contributed by atoms with van der Waals surface area (Å²) in [6.07, 6.45) is 1.11. The predicted molar refractivity (Wildman–Crippen MR) is 71.6 cm³/mol. The molecule has 2 heterocycles. The summed E-state index contributed by atoms with van der Waals surface area (Å²) < 4.78 is 39.9. The van der Waals surface area contributed by atoms with Crippen LogP contribution in [0.5, 0.6) is 0 Å². The molecule has 1 unspecified atom stereocenters. The number of rotatable bonds is 3. The number of fused-ring (bicyclic) bond motifs is 1. The molecule has 0 radical (unpaired) electrons. The minimum absolute atomic E-state index is 0.0298. The first kappa shape index (κ1) is 15.1. The largest absolute Gasteiger partial charge is 0.392 e. The highest BCUT2D eigenvalue weighted by Gasteiger charge is 2.42. The molecule has 1 aromatic rings. The summed E-state index contributed by atoms with van der Waals surface area (Å²) in [6.45, 7) is 0.446. The number of hydrogen-bond donors (Lipinski definition) is 1. The van der Waals surface area contributed by atoms with Gasteiger partial charge in [0.15, 0.2) is 5.82 Å². The van der Waals surface area contributed by atoms with E-state index < -0.39 is 12.1 Å². The second kappa shape index (κ2) is 5.73. The monoisotopic (exact) mass is 314 g/mol. The molecule has 0 saturated carbocycles.